The highest BCUT2D eigenvalue weighted by atomic mass is 16.5. The second kappa shape index (κ2) is 3.00. The zero-order chi connectivity index (χ0) is 7.40. The van der Waals surface area contributed by atoms with Gasteiger partial charge in [0.15, 0.2) is 0 Å². The van der Waals surface area contributed by atoms with Gasteiger partial charge in [-0.25, -0.2) is 0 Å². The molecule has 1 heterocycles. The van der Waals surface area contributed by atoms with Crippen LogP contribution in [-0.2, 0) is 0 Å². The van der Waals surface area contributed by atoms with E-state index in [1.54, 1.807) is 0 Å². The van der Waals surface area contributed by atoms with E-state index >= 15 is 0 Å². The van der Waals surface area contributed by atoms with Gasteiger partial charge in [-0.3, -0.25) is 4.98 Å². The normalized spacial score (nSPS) is 9.00. The standard InChI is InChI=1S/C6H8N2O2/c1-9-5-3-7-4-6(8-5)10-2/h3-4H,1-2H3. The van der Waals surface area contributed by atoms with E-state index in [0.29, 0.717) is 11.8 Å². The van der Waals surface area contributed by atoms with Gasteiger partial charge in [0.1, 0.15) is 0 Å². The van der Waals surface area contributed by atoms with E-state index < -0.39 is 0 Å². The fraction of sp³-hybridized carbons (Fsp3) is 0.333. The molecule has 0 spiro atoms. The summed E-state index contributed by atoms with van der Waals surface area (Å²) in [6.45, 7) is 0. The summed E-state index contributed by atoms with van der Waals surface area (Å²) < 4.78 is 9.61. The summed E-state index contributed by atoms with van der Waals surface area (Å²) in [7, 11) is 3.06. The molecule has 0 fully saturated rings. The minimum Gasteiger partial charge on any atom is -0.480 e. The van der Waals surface area contributed by atoms with E-state index in [9.17, 15) is 0 Å². The molecule has 0 unspecified atom stereocenters. The largest absolute Gasteiger partial charge is 0.480 e. The van der Waals surface area contributed by atoms with Crippen molar-refractivity contribution in [3.63, 3.8) is 0 Å². The molecule has 4 heteroatoms. The summed E-state index contributed by atoms with van der Waals surface area (Å²) in [6.07, 6.45) is 3.03. The number of hydrogen-bond acceptors (Lipinski definition) is 4. The number of hydrogen-bond donors (Lipinski definition) is 0. The lowest BCUT2D eigenvalue weighted by Gasteiger charge is -1.99. The van der Waals surface area contributed by atoms with Crippen LogP contribution in [0.2, 0.25) is 0 Å². The summed E-state index contributed by atoms with van der Waals surface area (Å²) in [5.74, 6) is 0.915. The highest BCUT2D eigenvalue weighted by molar-refractivity contribution is 5.11. The first-order valence-corrected chi connectivity index (χ1v) is 2.77. The second-order valence-corrected chi connectivity index (χ2v) is 1.60. The van der Waals surface area contributed by atoms with E-state index in [1.807, 2.05) is 0 Å². The van der Waals surface area contributed by atoms with Crippen LogP contribution in [0.5, 0.6) is 11.8 Å². The smallest absolute Gasteiger partial charge is 0.235 e. The maximum atomic E-state index is 4.80. The van der Waals surface area contributed by atoms with E-state index in [0.717, 1.165) is 0 Å². The number of aromatic nitrogens is 2. The molecule has 0 aliphatic carbocycles. The Balaban J connectivity index is 2.87. The average Bonchev–Trinajstić information content (AvgIpc) is 2.05. The van der Waals surface area contributed by atoms with Gasteiger partial charge in [-0.15, -0.1) is 0 Å². The van der Waals surface area contributed by atoms with Crippen molar-refractivity contribution in [2.75, 3.05) is 14.2 Å². The molecule has 0 saturated carbocycles. The van der Waals surface area contributed by atoms with Crippen molar-refractivity contribution < 1.29 is 9.47 Å². The molecule has 0 bridgehead atoms. The van der Waals surface area contributed by atoms with E-state index in [2.05, 4.69) is 9.97 Å². The molecular formula is C6H8N2O2. The van der Waals surface area contributed by atoms with Crippen molar-refractivity contribution >= 4 is 0 Å². The maximum Gasteiger partial charge on any atom is 0.235 e. The van der Waals surface area contributed by atoms with Gasteiger partial charge < -0.3 is 9.47 Å². The minimum absolute atomic E-state index is 0.458. The zero-order valence-corrected chi connectivity index (χ0v) is 5.87. The Morgan fingerprint density at radius 2 is 1.60 bits per heavy atom. The Morgan fingerprint density at radius 1 is 1.10 bits per heavy atom. The second-order valence-electron chi connectivity index (χ2n) is 1.60. The van der Waals surface area contributed by atoms with Crippen LogP contribution < -0.4 is 9.47 Å². The Hall–Kier alpha value is -1.32. The fourth-order valence-electron chi connectivity index (χ4n) is 0.528. The van der Waals surface area contributed by atoms with Crippen LogP contribution in [0.4, 0.5) is 0 Å². The fourth-order valence-corrected chi connectivity index (χ4v) is 0.528. The topological polar surface area (TPSA) is 44.2 Å². The number of nitrogens with zero attached hydrogens (tertiary/aromatic N) is 2. The third-order valence-corrected chi connectivity index (χ3v) is 1.01. The first-order valence-electron chi connectivity index (χ1n) is 2.77. The van der Waals surface area contributed by atoms with Crippen molar-refractivity contribution in [3.05, 3.63) is 12.4 Å². The first kappa shape index (κ1) is 6.80. The number of methoxy groups -OCH3 is 2. The summed E-state index contributed by atoms with van der Waals surface area (Å²) in [4.78, 5) is 7.72. The molecule has 0 atom stereocenters. The lowest BCUT2D eigenvalue weighted by atomic mass is 10.7. The Labute approximate surface area is 58.8 Å². The minimum atomic E-state index is 0.458. The van der Waals surface area contributed by atoms with E-state index in [1.165, 1.54) is 26.6 Å². The van der Waals surface area contributed by atoms with Gasteiger partial charge in [-0.1, -0.05) is 0 Å². The predicted molar refractivity (Wildman–Crippen MR) is 35.1 cm³/mol. The van der Waals surface area contributed by atoms with Gasteiger partial charge in [0, 0.05) is 0 Å². The van der Waals surface area contributed by atoms with E-state index in [4.69, 9.17) is 9.47 Å². The van der Waals surface area contributed by atoms with Crippen LogP contribution in [0.1, 0.15) is 0 Å². The molecule has 4 nitrogen and oxygen atoms in total. The summed E-state index contributed by atoms with van der Waals surface area (Å²) in [6, 6.07) is 0. The zero-order valence-electron chi connectivity index (χ0n) is 5.87. The SMILES string of the molecule is COc1cncc(OC)n1. The van der Waals surface area contributed by atoms with Crippen LogP contribution in [-0.4, -0.2) is 24.2 Å². The molecule has 0 saturated heterocycles. The summed E-state index contributed by atoms with van der Waals surface area (Å²) >= 11 is 0. The third-order valence-electron chi connectivity index (χ3n) is 1.01. The van der Waals surface area contributed by atoms with Crippen molar-refractivity contribution in [2.45, 2.75) is 0 Å². The van der Waals surface area contributed by atoms with Gasteiger partial charge in [0.05, 0.1) is 26.6 Å². The van der Waals surface area contributed by atoms with Crippen molar-refractivity contribution in [1.29, 1.82) is 0 Å². The molecule has 54 valence electrons. The molecule has 10 heavy (non-hydrogen) atoms. The number of ether oxygens (including phenoxy) is 2. The molecule has 1 aromatic heterocycles. The van der Waals surface area contributed by atoms with Crippen LogP contribution in [0.15, 0.2) is 12.4 Å². The van der Waals surface area contributed by atoms with Crippen molar-refractivity contribution in [3.8, 4) is 11.8 Å². The summed E-state index contributed by atoms with van der Waals surface area (Å²) in [5.41, 5.74) is 0. The molecule has 0 aromatic carbocycles. The molecule has 0 radical (unpaired) electrons. The van der Waals surface area contributed by atoms with E-state index in [-0.39, 0.29) is 0 Å². The van der Waals surface area contributed by atoms with Gasteiger partial charge in [-0.05, 0) is 0 Å². The highest BCUT2D eigenvalue weighted by Crippen LogP contribution is 2.08. The highest BCUT2D eigenvalue weighted by Gasteiger charge is 1.94. The predicted octanol–water partition coefficient (Wildman–Crippen LogP) is 0.494. The Bertz CT molecular complexity index is 195. The monoisotopic (exact) mass is 140 g/mol. The van der Waals surface area contributed by atoms with Crippen molar-refractivity contribution in [1.82, 2.24) is 9.97 Å². The molecular weight excluding hydrogens is 132 g/mol. The Kier molecular flexibility index (Phi) is 2.04. The third kappa shape index (κ3) is 1.34. The molecule has 0 aliphatic rings. The van der Waals surface area contributed by atoms with Gasteiger partial charge in [0.25, 0.3) is 0 Å². The van der Waals surface area contributed by atoms with Crippen LogP contribution in [0.25, 0.3) is 0 Å². The van der Waals surface area contributed by atoms with Gasteiger partial charge in [-0.2, -0.15) is 4.98 Å². The lowest BCUT2D eigenvalue weighted by molar-refractivity contribution is 0.361. The van der Waals surface area contributed by atoms with Crippen LogP contribution >= 0.6 is 0 Å². The van der Waals surface area contributed by atoms with Crippen molar-refractivity contribution in [2.24, 2.45) is 0 Å². The molecule has 0 N–H and O–H groups in total. The quantitative estimate of drug-likeness (QED) is 0.599. The average molecular weight is 140 g/mol. The van der Waals surface area contributed by atoms with Gasteiger partial charge in [0.2, 0.25) is 11.8 Å². The summed E-state index contributed by atoms with van der Waals surface area (Å²) in [5, 5.41) is 0. The molecule has 1 aromatic rings. The molecule has 1 rings (SSSR count). The number of rotatable bonds is 2. The Morgan fingerprint density at radius 3 is 2.00 bits per heavy atom. The molecule has 0 amide bonds. The molecule has 0 aliphatic heterocycles. The van der Waals surface area contributed by atoms with Crippen LogP contribution in [0, 0.1) is 0 Å². The lowest BCUT2D eigenvalue weighted by Crippen LogP contribution is -1.92. The maximum absolute atomic E-state index is 4.80. The van der Waals surface area contributed by atoms with Gasteiger partial charge >= 0.3 is 0 Å². The van der Waals surface area contributed by atoms with Crippen LogP contribution in [0.3, 0.4) is 0 Å². The first-order chi connectivity index (χ1) is 4.86.